The van der Waals surface area contributed by atoms with E-state index in [0.717, 1.165) is 63.2 Å². The van der Waals surface area contributed by atoms with Crippen LogP contribution >= 0.6 is 0 Å². The van der Waals surface area contributed by atoms with Gasteiger partial charge in [0.25, 0.3) is 5.91 Å². The van der Waals surface area contributed by atoms with Crippen molar-refractivity contribution in [1.82, 2.24) is 15.2 Å². The fourth-order valence-corrected chi connectivity index (χ4v) is 4.52. The minimum Gasteiger partial charge on any atom is -0.354 e. The third-order valence-electron chi connectivity index (χ3n) is 6.31. The molecule has 1 N–H and O–H groups in total. The van der Waals surface area contributed by atoms with Gasteiger partial charge in [0, 0.05) is 49.5 Å². The predicted molar refractivity (Wildman–Crippen MR) is 113 cm³/mol. The minimum absolute atomic E-state index is 0.0468. The second-order valence-corrected chi connectivity index (χ2v) is 8.32. The standard InChI is InChI=1S/C23H30N4O/c1-23(25-22(28)19-7-3-2-4-8-19)12-10-20(11-13-23)26-15-17-27(18-16-26)21-9-5-6-14-24-21/h2-9,14,20H,10-13,15-18H2,1H3,(H,25,28). The van der Waals surface area contributed by atoms with Gasteiger partial charge in [-0.2, -0.15) is 0 Å². The third-order valence-corrected chi connectivity index (χ3v) is 6.31. The molecule has 4 rings (SSSR count). The summed E-state index contributed by atoms with van der Waals surface area (Å²) in [5, 5.41) is 3.29. The summed E-state index contributed by atoms with van der Waals surface area (Å²) in [5.74, 6) is 1.13. The molecular formula is C23H30N4O. The molecule has 2 fully saturated rings. The molecule has 28 heavy (non-hydrogen) atoms. The summed E-state index contributed by atoms with van der Waals surface area (Å²) < 4.78 is 0. The van der Waals surface area contributed by atoms with Crippen molar-refractivity contribution >= 4 is 11.7 Å². The summed E-state index contributed by atoms with van der Waals surface area (Å²) in [4.78, 5) is 22.0. The molecule has 148 valence electrons. The molecule has 1 aromatic heterocycles. The van der Waals surface area contributed by atoms with Crippen LogP contribution in [-0.2, 0) is 0 Å². The van der Waals surface area contributed by atoms with E-state index in [1.807, 2.05) is 42.6 Å². The Balaban J connectivity index is 1.27. The molecule has 0 radical (unpaired) electrons. The van der Waals surface area contributed by atoms with Gasteiger partial charge in [-0.1, -0.05) is 24.3 Å². The number of aromatic nitrogens is 1. The Labute approximate surface area is 167 Å². The second-order valence-electron chi connectivity index (χ2n) is 8.32. The Bertz CT molecular complexity index is 764. The summed E-state index contributed by atoms with van der Waals surface area (Å²) >= 11 is 0. The highest BCUT2D eigenvalue weighted by Gasteiger charge is 2.35. The largest absolute Gasteiger partial charge is 0.354 e. The van der Waals surface area contributed by atoms with Crippen LogP contribution in [0.5, 0.6) is 0 Å². The van der Waals surface area contributed by atoms with Gasteiger partial charge in [-0.05, 0) is 56.9 Å². The van der Waals surface area contributed by atoms with E-state index in [4.69, 9.17) is 0 Å². The first kappa shape index (κ1) is 18.9. The molecule has 0 unspecified atom stereocenters. The zero-order valence-electron chi connectivity index (χ0n) is 16.7. The van der Waals surface area contributed by atoms with Gasteiger partial charge in [-0.25, -0.2) is 4.98 Å². The van der Waals surface area contributed by atoms with Crippen molar-refractivity contribution in [2.24, 2.45) is 0 Å². The summed E-state index contributed by atoms with van der Waals surface area (Å²) in [5.41, 5.74) is 0.649. The van der Waals surface area contributed by atoms with Crippen LogP contribution in [0.15, 0.2) is 54.7 Å². The van der Waals surface area contributed by atoms with Gasteiger partial charge in [0.05, 0.1) is 0 Å². The summed E-state index contributed by atoms with van der Waals surface area (Å²) in [6.45, 7) is 6.46. The van der Waals surface area contributed by atoms with Crippen LogP contribution in [0.4, 0.5) is 5.82 Å². The van der Waals surface area contributed by atoms with Gasteiger partial charge in [0.15, 0.2) is 0 Å². The molecule has 1 aliphatic carbocycles. The van der Waals surface area contributed by atoms with Gasteiger partial charge in [-0.15, -0.1) is 0 Å². The van der Waals surface area contributed by atoms with Gasteiger partial charge in [0.1, 0.15) is 5.82 Å². The van der Waals surface area contributed by atoms with Crippen molar-refractivity contribution in [1.29, 1.82) is 0 Å². The Morgan fingerprint density at radius 1 is 1.00 bits per heavy atom. The van der Waals surface area contributed by atoms with Crippen molar-refractivity contribution in [2.75, 3.05) is 31.1 Å². The maximum Gasteiger partial charge on any atom is 0.251 e. The van der Waals surface area contributed by atoms with Gasteiger partial charge < -0.3 is 10.2 Å². The first-order chi connectivity index (χ1) is 13.6. The highest BCUT2D eigenvalue weighted by molar-refractivity contribution is 5.94. The van der Waals surface area contributed by atoms with Crippen LogP contribution in [-0.4, -0.2) is 53.6 Å². The van der Waals surface area contributed by atoms with E-state index in [1.54, 1.807) is 0 Å². The number of hydrogen-bond donors (Lipinski definition) is 1. The molecule has 1 amide bonds. The van der Waals surface area contributed by atoms with Crippen molar-refractivity contribution in [3.63, 3.8) is 0 Å². The number of hydrogen-bond acceptors (Lipinski definition) is 4. The Morgan fingerprint density at radius 3 is 2.32 bits per heavy atom. The van der Waals surface area contributed by atoms with Crippen molar-refractivity contribution in [3.8, 4) is 0 Å². The highest BCUT2D eigenvalue weighted by atomic mass is 16.1. The lowest BCUT2D eigenvalue weighted by Gasteiger charge is -2.45. The fourth-order valence-electron chi connectivity index (χ4n) is 4.52. The molecule has 2 aliphatic rings. The van der Waals surface area contributed by atoms with E-state index in [2.05, 4.69) is 39.2 Å². The maximum atomic E-state index is 12.5. The maximum absolute atomic E-state index is 12.5. The molecule has 2 heterocycles. The smallest absolute Gasteiger partial charge is 0.251 e. The number of anilines is 1. The molecule has 1 aromatic carbocycles. The first-order valence-electron chi connectivity index (χ1n) is 10.4. The molecule has 0 atom stereocenters. The molecule has 2 aromatic rings. The number of carbonyl (C=O) groups excluding carboxylic acids is 1. The lowest BCUT2D eigenvalue weighted by atomic mass is 9.80. The van der Waals surface area contributed by atoms with Crippen LogP contribution in [0.3, 0.4) is 0 Å². The monoisotopic (exact) mass is 378 g/mol. The summed E-state index contributed by atoms with van der Waals surface area (Å²) in [6.07, 6.45) is 6.24. The van der Waals surface area contributed by atoms with Crippen molar-refractivity contribution < 1.29 is 4.79 Å². The van der Waals surface area contributed by atoms with Gasteiger partial charge >= 0.3 is 0 Å². The van der Waals surface area contributed by atoms with Gasteiger partial charge in [0.2, 0.25) is 0 Å². The average molecular weight is 379 g/mol. The van der Waals surface area contributed by atoms with E-state index >= 15 is 0 Å². The second kappa shape index (κ2) is 8.31. The Morgan fingerprint density at radius 2 is 1.68 bits per heavy atom. The number of amides is 1. The van der Waals surface area contributed by atoms with E-state index in [9.17, 15) is 4.79 Å². The summed E-state index contributed by atoms with van der Waals surface area (Å²) in [7, 11) is 0. The molecule has 5 nitrogen and oxygen atoms in total. The zero-order valence-corrected chi connectivity index (χ0v) is 16.7. The Hall–Kier alpha value is -2.40. The van der Waals surface area contributed by atoms with Crippen LogP contribution in [0.2, 0.25) is 0 Å². The Kier molecular flexibility index (Phi) is 5.62. The van der Waals surface area contributed by atoms with E-state index in [0.29, 0.717) is 6.04 Å². The number of piperazine rings is 1. The average Bonchev–Trinajstić information content (AvgIpc) is 2.75. The molecule has 1 aliphatic heterocycles. The third kappa shape index (κ3) is 4.36. The number of rotatable bonds is 4. The molecule has 5 heteroatoms. The molecule has 1 saturated heterocycles. The first-order valence-corrected chi connectivity index (χ1v) is 10.4. The molecule has 1 saturated carbocycles. The van der Waals surface area contributed by atoms with Crippen LogP contribution < -0.4 is 10.2 Å². The number of pyridine rings is 1. The van der Waals surface area contributed by atoms with Gasteiger partial charge in [-0.3, -0.25) is 9.69 Å². The number of nitrogens with zero attached hydrogens (tertiary/aromatic N) is 3. The number of carbonyl (C=O) groups is 1. The van der Waals surface area contributed by atoms with Crippen molar-refractivity contribution in [2.45, 2.75) is 44.2 Å². The number of nitrogens with one attached hydrogen (secondary N) is 1. The number of benzene rings is 1. The SMILES string of the molecule is CC1(NC(=O)c2ccccc2)CCC(N2CCN(c3ccccn3)CC2)CC1. The van der Waals surface area contributed by atoms with Crippen molar-refractivity contribution in [3.05, 3.63) is 60.3 Å². The fraction of sp³-hybridized carbons (Fsp3) is 0.478. The van der Waals surface area contributed by atoms with Crippen LogP contribution in [0, 0.1) is 0 Å². The van der Waals surface area contributed by atoms with E-state index < -0.39 is 0 Å². The lowest BCUT2D eigenvalue weighted by Crippen LogP contribution is -2.55. The van der Waals surface area contributed by atoms with Crippen LogP contribution in [0.1, 0.15) is 43.0 Å². The normalized spacial score (nSPS) is 26.0. The molecule has 0 bridgehead atoms. The molecule has 0 spiro atoms. The van der Waals surface area contributed by atoms with Crippen LogP contribution in [0.25, 0.3) is 0 Å². The highest BCUT2D eigenvalue weighted by Crippen LogP contribution is 2.31. The quantitative estimate of drug-likeness (QED) is 0.887. The predicted octanol–water partition coefficient (Wildman–Crippen LogP) is 3.33. The zero-order chi connectivity index (χ0) is 19.4. The van der Waals surface area contributed by atoms with E-state index in [1.165, 1.54) is 0 Å². The topological polar surface area (TPSA) is 48.5 Å². The molecular weight excluding hydrogens is 348 g/mol. The summed E-state index contributed by atoms with van der Waals surface area (Å²) in [6, 6.07) is 16.3. The minimum atomic E-state index is -0.0980. The lowest BCUT2D eigenvalue weighted by molar-refractivity contribution is 0.0803. The van der Waals surface area contributed by atoms with E-state index in [-0.39, 0.29) is 11.4 Å².